The van der Waals surface area contributed by atoms with E-state index in [4.69, 9.17) is 0 Å². The number of aromatic nitrogens is 3. The molecule has 0 aliphatic heterocycles. The van der Waals surface area contributed by atoms with Gasteiger partial charge in [0.2, 0.25) is 0 Å². The molecular formula is C9H13Cl2N3. The maximum absolute atomic E-state index is 4.26. The van der Waals surface area contributed by atoms with E-state index in [-0.39, 0.29) is 24.8 Å². The number of imidazole rings is 1. The summed E-state index contributed by atoms with van der Waals surface area (Å²) in [5.74, 6) is 0. The normalized spacial score (nSPS) is 9.21. The highest BCUT2D eigenvalue weighted by Gasteiger charge is 1.99. The number of rotatable bonds is 2. The molecule has 0 amide bonds. The van der Waals surface area contributed by atoms with Gasteiger partial charge in [0.05, 0.1) is 6.33 Å². The zero-order valence-corrected chi connectivity index (χ0v) is 9.51. The summed E-state index contributed by atoms with van der Waals surface area (Å²) in [7, 11) is 0. The van der Waals surface area contributed by atoms with Gasteiger partial charge in [-0.15, -0.1) is 24.8 Å². The number of fused-ring (bicyclic) bond motifs is 1. The molecule has 2 rings (SSSR count). The maximum Gasteiger partial charge on any atom is 0.159 e. The molecule has 2 aromatic rings. The average molecular weight is 234 g/mol. The number of aryl methyl sites for hydroxylation is 1. The number of hydrogen-bond acceptors (Lipinski definition) is 2. The first kappa shape index (κ1) is 13.2. The van der Waals surface area contributed by atoms with E-state index in [0.29, 0.717) is 0 Å². The summed E-state index contributed by atoms with van der Waals surface area (Å²) in [5, 5.41) is 0. The molecule has 0 bridgehead atoms. The van der Waals surface area contributed by atoms with Gasteiger partial charge in [-0.2, -0.15) is 0 Å². The molecular weight excluding hydrogens is 221 g/mol. The minimum Gasteiger partial charge on any atom is -0.315 e. The molecule has 0 fully saturated rings. The summed E-state index contributed by atoms with van der Waals surface area (Å²) >= 11 is 0. The molecule has 0 radical (unpaired) electrons. The lowest BCUT2D eigenvalue weighted by Gasteiger charge is -1.98. The van der Waals surface area contributed by atoms with E-state index < -0.39 is 0 Å². The van der Waals surface area contributed by atoms with Gasteiger partial charge >= 0.3 is 0 Å². The lowest BCUT2D eigenvalue weighted by Crippen LogP contribution is -1.94. The third-order valence-corrected chi connectivity index (χ3v) is 1.84. The summed E-state index contributed by atoms with van der Waals surface area (Å²) in [6, 6.07) is 3.89. The molecule has 0 saturated carbocycles. The van der Waals surface area contributed by atoms with Gasteiger partial charge in [0.25, 0.3) is 0 Å². The van der Waals surface area contributed by atoms with Crippen molar-refractivity contribution in [2.45, 2.75) is 19.9 Å². The molecule has 2 aromatic heterocycles. The molecule has 0 saturated heterocycles. The van der Waals surface area contributed by atoms with E-state index in [2.05, 4.69) is 21.5 Å². The van der Waals surface area contributed by atoms with Gasteiger partial charge in [-0.05, 0) is 18.6 Å². The third kappa shape index (κ3) is 2.36. The van der Waals surface area contributed by atoms with Crippen molar-refractivity contribution in [2.75, 3.05) is 0 Å². The van der Waals surface area contributed by atoms with E-state index >= 15 is 0 Å². The molecule has 0 unspecified atom stereocenters. The first-order chi connectivity index (χ1) is 5.92. The second-order valence-electron chi connectivity index (χ2n) is 2.78. The Morgan fingerprint density at radius 3 is 2.79 bits per heavy atom. The van der Waals surface area contributed by atoms with E-state index in [9.17, 15) is 0 Å². The third-order valence-electron chi connectivity index (χ3n) is 1.84. The van der Waals surface area contributed by atoms with Crippen LogP contribution in [-0.2, 0) is 6.54 Å². The molecule has 0 atom stereocenters. The standard InChI is InChI=1S/C9H11N3.2ClH/c1-2-6-12-7-11-8-4-3-5-10-9(8)12;;/h3-5,7H,2,6H2,1H3;2*1H. The minimum atomic E-state index is 0. The van der Waals surface area contributed by atoms with Crippen LogP contribution in [0.4, 0.5) is 0 Å². The van der Waals surface area contributed by atoms with Crippen molar-refractivity contribution in [3.63, 3.8) is 0 Å². The molecule has 0 aromatic carbocycles. The van der Waals surface area contributed by atoms with Gasteiger partial charge < -0.3 is 4.57 Å². The highest BCUT2D eigenvalue weighted by molar-refractivity contribution is 5.85. The lowest BCUT2D eigenvalue weighted by molar-refractivity contribution is 0.691. The zero-order valence-electron chi connectivity index (χ0n) is 7.88. The summed E-state index contributed by atoms with van der Waals surface area (Å²) in [5.41, 5.74) is 1.96. The Balaban J connectivity index is 0.000000845. The van der Waals surface area contributed by atoms with Crippen LogP contribution in [0.3, 0.4) is 0 Å². The molecule has 0 aliphatic carbocycles. The quantitative estimate of drug-likeness (QED) is 0.799. The zero-order chi connectivity index (χ0) is 8.39. The summed E-state index contributed by atoms with van der Waals surface area (Å²) in [4.78, 5) is 8.50. The number of nitrogens with zero attached hydrogens (tertiary/aromatic N) is 3. The van der Waals surface area contributed by atoms with Gasteiger partial charge in [0.1, 0.15) is 5.52 Å². The van der Waals surface area contributed by atoms with E-state index in [0.717, 1.165) is 24.1 Å². The summed E-state index contributed by atoms with van der Waals surface area (Å²) < 4.78 is 2.08. The molecule has 2 heterocycles. The monoisotopic (exact) mass is 233 g/mol. The predicted octanol–water partition coefficient (Wildman–Crippen LogP) is 2.68. The highest BCUT2D eigenvalue weighted by atomic mass is 35.5. The van der Waals surface area contributed by atoms with Crippen LogP contribution < -0.4 is 0 Å². The predicted molar refractivity (Wildman–Crippen MR) is 62.3 cm³/mol. The van der Waals surface area contributed by atoms with Crippen molar-refractivity contribution in [1.82, 2.24) is 14.5 Å². The van der Waals surface area contributed by atoms with Crippen molar-refractivity contribution in [2.24, 2.45) is 0 Å². The van der Waals surface area contributed by atoms with Crippen molar-refractivity contribution < 1.29 is 0 Å². The van der Waals surface area contributed by atoms with Crippen LogP contribution in [0.5, 0.6) is 0 Å². The Bertz CT molecular complexity index is 386. The van der Waals surface area contributed by atoms with E-state index in [1.807, 2.05) is 18.5 Å². The number of pyridine rings is 1. The molecule has 78 valence electrons. The Hall–Kier alpha value is -0.800. The van der Waals surface area contributed by atoms with Crippen molar-refractivity contribution in [3.05, 3.63) is 24.7 Å². The first-order valence-electron chi connectivity index (χ1n) is 4.17. The smallest absolute Gasteiger partial charge is 0.159 e. The largest absolute Gasteiger partial charge is 0.315 e. The molecule has 14 heavy (non-hydrogen) atoms. The second-order valence-corrected chi connectivity index (χ2v) is 2.78. The van der Waals surface area contributed by atoms with Gasteiger partial charge in [-0.25, -0.2) is 9.97 Å². The van der Waals surface area contributed by atoms with Crippen LogP contribution in [-0.4, -0.2) is 14.5 Å². The molecule has 0 N–H and O–H groups in total. The lowest BCUT2D eigenvalue weighted by atomic mass is 10.4. The molecule has 0 aliphatic rings. The fourth-order valence-corrected chi connectivity index (χ4v) is 1.30. The van der Waals surface area contributed by atoms with Gasteiger partial charge in [-0.1, -0.05) is 6.92 Å². The Morgan fingerprint density at radius 2 is 2.07 bits per heavy atom. The van der Waals surface area contributed by atoms with Crippen LogP contribution >= 0.6 is 24.8 Å². The second kappa shape index (κ2) is 5.83. The maximum atomic E-state index is 4.26. The molecule has 5 heteroatoms. The van der Waals surface area contributed by atoms with Crippen LogP contribution in [0.2, 0.25) is 0 Å². The fraction of sp³-hybridized carbons (Fsp3) is 0.333. The molecule has 0 spiro atoms. The van der Waals surface area contributed by atoms with Gasteiger partial charge in [0.15, 0.2) is 5.65 Å². The Kier molecular flexibility index (Phi) is 5.50. The SMILES string of the molecule is CCCn1cnc2cccnc21.Cl.Cl. The Labute approximate surface area is 95.4 Å². The summed E-state index contributed by atoms with van der Waals surface area (Å²) in [6.07, 6.45) is 4.76. The fourth-order valence-electron chi connectivity index (χ4n) is 1.30. The van der Waals surface area contributed by atoms with Gasteiger partial charge in [-0.3, -0.25) is 0 Å². The summed E-state index contributed by atoms with van der Waals surface area (Å²) in [6.45, 7) is 3.14. The van der Waals surface area contributed by atoms with E-state index in [1.165, 1.54) is 0 Å². The average Bonchev–Trinajstić information content (AvgIpc) is 2.50. The Morgan fingerprint density at radius 1 is 1.29 bits per heavy atom. The van der Waals surface area contributed by atoms with Crippen LogP contribution in [0.15, 0.2) is 24.7 Å². The highest BCUT2D eigenvalue weighted by Crippen LogP contribution is 2.08. The topological polar surface area (TPSA) is 30.7 Å². The van der Waals surface area contributed by atoms with Crippen LogP contribution in [0, 0.1) is 0 Å². The van der Waals surface area contributed by atoms with Crippen LogP contribution in [0.25, 0.3) is 11.2 Å². The van der Waals surface area contributed by atoms with Crippen LogP contribution in [0.1, 0.15) is 13.3 Å². The van der Waals surface area contributed by atoms with Gasteiger partial charge in [0, 0.05) is 12.7 Å². The number of hydrogen-bond donors (Lipinski definition) is 0. The number of halogens is 2. The molecule has 3 nitrogen and oxygen atoms in total. The van der Waals surface area contributed by atoms with Crippen molar-refractivity contribution >= 4 is 36.0 Å². The first-order valence-corrected chi connectivity index (χ1v) is 4.17. The van der Waals surface area contributed by atoms with Crippen molar-refractivity contribution in [1.29, 1.82) is 0 Å². The van der Waals surface area contributed by atoms with E-state index in [1.54, 1.807) is 6.20 Å². The minimum absolute atomic E-state index is 0. The van der Waals surface area contributed by atoms with Crippen molar-refractivity contribution in [3.8, 4) is 0 Å².